The lowest BCUT2D eigenvalue weighted by atomic mass is 9.90. The van der Waals surface area contributed by atoms with Crippen molar-refractivity contribution in [2.75, 3.05) is 20.3 Å². The molecule has 2 heterocycles. The molecule has 0 amide bonds. The first-order chi connectivity index (χ1) is 14.3. The Labute approximate surface area is 180 Å². The monoisotopic (exact) mass is 455 g/mol. The highest BCUT2D eigenvalue weighted by Gasteiger charge is 2.29. The lowest BCUT2D eigenvalue weighted by molar-refractivity contribution is 0.172. The van der Waals surface area contributed by atoms with E-state index in [4.69, 9.17) is 21.1 Å². The Kier molecular flexibility index (Phi) is 7.43. The van der Waals surface area contributed by atoms with E-state index in [1.54, 1.807) is 13.2 Å². The number of rotatable bonds is 9. The van der Waals surface area contributed by atoms with Gasteiger partial charge in [0.05, 0.1) is 17.3 Å². The molecular formula is C21H27ClNO6P. The van der Waals surface area contributed by atoms with E-state index in [-0.39, 0.29) is 6.04 Å². The zero-order chi connectivity index (χ0) is 21.9. The van der Waals surface area contributed by atoms with Crippen LogP contribution in [-0.2, 0) is 15.7 Å². The number of methoxy groups -OCH3 is 1. The van der Waals surface area contributed by atoms with Crippen LogP contribution in [0.1, 0.15) is 44.2 Å². The molecule has 164 valence electrons. The lowest BCUT2D eigenvalue weighted by Crippen LogP contribution is -2.31. The van der Waals surface area contributed by atoms with Gasteiger partial charge in [0.25, 0.3) is 0 Å². The Morgan fingerprint density at radius 2 is 2.00 bits per heavy atom. The van der Waals surface area contributed by atoms with E-state index in [2.05, 4.69) is 6.92 Å². The molecule has 3 rings (SSSR count). The molecule has 1 aromatic heterocycles. The highest BCUT2D eigenvalue weighted by atomic mass is 35.5. The molecule has 0 spiro atoms. The van der Waals surface area contributed by atoms with Gasteiger partial charge in [-0.2, -0.15) is 0 Å². The van der Waals surface area contributed by atoms with Gasteiger partial charge in [-0.25, -0.2) is 0 Å². The number of halogens is 1. The van der Waals surface area contributed by atoms with Gasteiger partial charge in [0.2, 0.25) is 0 Å². The fraction of sp³-hybridized carbons (Fsp3) is 0.476. The highest BCUT2D eigenvalue weighted by Crippen LogP contribution is 2.42. The zero-order valence-corrected chi connectivity index (χ0v) is 18.8. The van der Waals surface area contributed by atoms with Gasteiger partial charge in [0, 0.05) is 44.0 Å². The fourth-order valence-electron chi connectivity index (χ4n) is 3.81. The standard InChI is InChI=1S/C21H27ClNO6P/c1-3-4-6-15-9-14-10-20(29-8-5-7-28-2)17(22)11-16(14)18-12-19(24)21(13-23(15)18)30(25,26)27/h10-13,15H,3-9H2,1-2H3,(H2,25,26,27). The summed E-state index contributed by atoms with van der Waals surface area (Å²) >= 11 is 6.44. The highest BCUT2D eigenvalue weighted by molar-refractivity contribution is 7.60. The van der Waals surface area contributed by atoms with Gasteiger partial charge in [0.15, 0.2) is 5.43 Å². The summed E-state index contributed by atoms with van der Waals surface area (Å²) in [6, 6.07) is 4.97. The van der Waals surface area contributed by atoms with E-state index in [1.165, 1.54) is 12.3 Å². The minimum absolute atomic E-state index is 0.0131. The maximum Gasteiger partial charge on any atom is 0.361 e. The van der Waals surface area contributed by atoms with Crippen LogP contribution in [0.3, 0.4) is 0 Å². The van der Waals surface area contributed by atoms with Crippen molar-refractivity contribution in [3.05, 3.63) is 45.2 Å². The molecule has 1 aliphatic heterocycles. The normalized spacial score (nSPS) is 15.6. The average molecular weight is 456 g/mol. The van der Waals surface area contributed by atoms with Gasteiger partial charge < -0.3 is 23.8 Å². The molecule has 0 saturated heterocycles. The average Bonchev–Trinajstić information content (AvgIpc) is 2.69. The van der Waals surface area contributed by atoms with Gasteiger partial charge in [-0.15, -0.1) is 0 Å². The van der Waals surface area contributed by atoms with Crippen LogP contribution < -0.4 is 15.5 Å². The van der Waals surface area contributed by atoms with Crippen LogP contribution in [0.5, 0.6) is 5.75 Å². The lowest BCUT2D eigenvalue weighted by Gasteiger charge is -2.31. The van der Waals surface area contributed by atoms with Crippen LogP contribution in [0, 0.1) is 0 Å². The largest absolute Gasteiger partial charge is 0.492 e. The maximum absolute atomic E-state index is 12.4. The van der Waals surface area contributed by atoms with Gasteiger partial charge in [-0.1, -0.05) is 31.4 Å². The first-order valence-corrected chi connectivity index (χ1v) is 12.0. The number of ether oxygens (including phenoxy) is 2. The van der Waals surface area contributed by atoms with Gasteiger partial charge in [-0.05, 0) is 30.5 Å². The number of hydrogen-bond acceptors (Lipinski definition) is 4. The number of pyridine rings is 1. The Morgan fingerprint density at radius 3 is 2.67 bits per heavy atom. The number of nitrogens with zero attached hydrogens (tertiary/aromatic N) is 1. The van der Waals surface area contributed by atoms with Gasteiger partial charge in [0.1, 0.15) is 11.1 Å². The molecule has 0 fully saturated rings. The van der Waals surface area contributed by atoms with Crippen LogP contribution in [0.2, 0.25) is 5.02 Å². The molecule has 0 saturated carbocycles. The van der Waals surface area contributed by atoms with Crippen LogP contribution in [0.25, 0.3) is 11.3 Å². The minimum atomic E-state index is -4.66. The van der Waals surface area contributed by atoms with E-state index >= 15 is 0 Å². The number of unbranched alkanes of at least 4 members (excludes halogenated alkanes) is 1. The molecule has 7 nitrogen and oxygen atoms in total. The molecule has 0 bridgehead atoms. The Morgan fingerprint density at radius 1 is 1.23 bits per heavy atom. The van der Waals surface area contributed by atoms with E-state index < -0.39 is 18.3 Å². The third-order valence-corrected chi connectivity index (χ3v) is 6.56. The second-order valence-corrected chi connectivity index (χ2v) is 9.47. The van der Waals surface area contributed by atoms with Gasteiger partial charge >= 0.3 is 7.60 Å². The van der Waals surface area contributed by atoms with Crippen molar-refractivity contribution in [1.29, 1.82) is 0 Å². The van der Waals surface area contributed by atoms with Crippen molar-refractivity contribution in [1.82, 2.24) is 4.57 Å². The molecule has 1 aliphatic rings. The van der Waals surface area contributed by atoms with Crippen molar-refractivity contribution in [3.63, 3.8) is 0 Å². The van der Waals surface area contributed by atoms with Crippen LogP contribution in [-0.4, -0.2) is 34.7 Å². The smallest absolute Gasteiger partial charge is 0.361 e. The molecule has 9 heteroatoms. The summed E-state index contributed by atoms with van der Waals surface area (Å²) in [4.78, 5) is 31.6. The predicted octanol–water partition coefficient (Wildman–Crippen LogP) is 3.67. The number of aromatic nitrogens is 1. The molecular weight excluding hydrogens is 429 g/mol. The van der Waals surface area contributed by atoms with E-state index in [1.807, 2.05) is 10.6 Å². The third kappa shape index (κ3) is 4.98. The fourth-order valence-corrected chi connectivity index (χ4v) is 4.65. The molecule has 1 atom stereocenters. The molecule has 1 aromatic carbocycles. The summed E-state index contributed by atoms with van der Waals surface area (Å²) in [6.45, 7) is 3.17. The molecule has 2 aromatic rings. The summed E-state index contributed by atoms with van der Waals surface area (Å²) in [5.74, 6) is 0.586. The number of hydrogen-bond donors (Lipinski definition) is 2. The van der Waals surface area contributed by atoms with Gasteiger partial charge in [-0.3, -0.25) is 9.36 Å². The summed E-state index contributed by atoms with van der Waals surface area (Å²) in [6.07, 6.45) is 5.52. The summed E-state index contributed by atoms with van der Waals surface area (Å²) in [5.41, 5.74) is 1.73. The predicted molar refractivity (Wildman–Crippen MR) is 117 cm³/mol. The summed E-state index contributed by atoms with van der Waals surface area (Å²) < 4.78 is 24.5. The van der Waals surface area contributed by atoms with Crippen molar-refractivity contribution in [3.8, 4) is 17.0 Å². The van der Waals surface area contributed by atoms with Crippen molar-refractivity contribution in [2.24, 2.45) is 0 Å². The Hall–Kier alpha value is -1.63. The molecule has 2 N–H and O–H groups in total. The first-order valence-electron chi connectivity index (χ1n) is 10.0. The first kappa shape index (κ1) is 23.0. The molecule has 1 unspecified atom stereocenters. The molecule has 0 aliphatic carbocycles. The van der Waals surface area contributed by atoms with E-state index in [0.29, 0.717) is 36.1 Å². The molecule has 30 heavy (non-hydrogen) atoms. The zero-order valence-electron chi connectivity index (χ0n) is 17.1. The summed E-state index contributed by atoms with van der Waals surface area (Å²) in [5, 5.41) is -0.0448. The SMILES string of the molecule is CCCCC1Cc2cc(OCCCOC)c(Cl)cc2-c2cc(=O)c(P(=O)(O)O)cn21. The second kappa shape index (κ2) is 9.67. The number of fused-ring (bicyclic) bond motifs is 3. The van der Waals surface area contributed by atoms with Crippen LogP contribution in [0.15, 0.2) is 29.2 Å². The quantitative estimate of drug-likeness (QED) is 0.442. The Balaban J connectivity index is 2.06. The van der Waals surface area contributed by atoms with Crippen LogP contribution in [0.4, 0.5) is 0 Å². The van der Waals surface area contributed by atoms with Crippen molar-refractivity contribution >= 4 is 24.5 Å². The van der Waals surface area contributed by atoms with E-state index in [0.717, 1.165) is 36.8 Å². The van der Waals surface area contributed by atoms with Crippen LogP contribution >= 0.6 is 19.2 Å². The maximum atomic E-state index is 12.4. The van der Waals surface area contributed by atoms with Crippen molar-refractivity contribution < 1.29 is 23.8 Å². The van der Waals surface area contributed by atoms with E-state index in [9.17, 15) is 19.1 Å². The second-order valence-electron chi connectivity index (χ2n) is 7.49. The summed E-state index contributed by atoms with van der Waals surface area (Å²) in [7, 11) is -3.03. The number of benzene rings is 1. The minimum Gasteiger partial charge on any atom is -0.492 e. The van der Waals surface area contributed by atoms with Crippen molar-refractivity contribution in [2.45, 2.75) is 45.1 Å². The third-order valence-electron chi connectivity index (χ3n) is 5.30. The topological polar surface area (TPSA) is 98.0 Å². The Bertz CT molecular complexity index is 1020. The molecule has 0 radical (unpaired) electrons.